The first-order chi connectivity index (χ1) is 7.25. The largest absolute Gasteiger partial charge is 0.309 e. The van der Waals surface area contributed by atoms with Crippen LogP contribution >= 0.6 is 0 Å². The number of fused-ring (bicyclic) bond motifs is 3. The van der Waals surface area contributed by atoms with Crippen molar-refractivity contribution in [3.05, 3.63) is 46.5 Å². The Morgan fingerprint density at radius 3 is 3.13 bits per heavy atom. The van der Waals surface area contributed by atoms with E-state index in [2.05, 4.69) is 9.97 Å². The van der Waals surface area contributed by atoms with E-state index >= 15 is 0 Å². The van der Waals surface area contributed by atoms with Crippen LogP contribution in [0.1, 0.15) is 5.56 Å². The highest BCUT2D eigenvalue weighted by atomic mass is 16.1. The predicted octanol–water partition coefficient (Wildman–Crippen LogP) is 1.48. The average molecular weight is 199 g/mol. The van der Waals surface area contributed by atoms with Crippen LogP contribution in [0, 0.1) is 6.92 Å². The molecule has 0 amide bonds. The third-order valence-electron chi connectivity index (χ3n) is 2.48. The first-order valence-corrected chi connectivity index (χ1v) is 4.71. The van der Waals surface area contributed by atoms with Gasteiger partial charge in [-0.05, 0) is 30.7 Å². The second-order valence-corrected chi connectivity index (χ2v) is 3.60. The van der Waals surface area contributed by atoms with Crippen molar-refractivity contribution in [3.63, 3.8) is 0 Å². The molecule has 0 atom stereocenters. The van der Waals surface area contributed by atoms with Crippen molar-refractivity contribution in [3.8, 4) is 0 Å². The summed E-state index contributed by atoms with van der Waals surface area (Å²) in [7, 11) is 0. The van der Waals surface area contributed by atoms with Gasteiger partial charge in [-0.3, -0.25) is 4.79 Å². The Kier molecular flexibility index (Phi) is 1.48. The first-order valence-electron chi connectivity index (χ1n) is 4.71. The molecule has 4 nitrogen and oxygen atoms in total. The topological polar surface area (TPSA) is 50.2 Å². The van der Waals surface area contributed by atoms with E-state index in [1.807, 2.05) is 29.7 Å². The monoisotopic (exact) mass is 199 g/mol. The van der Waals surface area contributed by atoms with Crippen molar-refractivity contribution < 1.29 is 0 Å². The van der Waals surface area contributed by atoms with Gasteiger partial charge in [-0.15, -0.1) is 0 Å². The van der Waals surface area contributed by atoms with Crippen LogP contribution < -0.4 is 5.56 Å². The molecule has 0 spiro atoms. The number of nitrogens with one attached hydrogen (secondary N) is 1. The third kappa shape index (κ3) is 1.08. The Morgan fingerprint density at radius 1 is 1.40 bits per heavy atom. The summed E-state index contributed by atoms with van der Waals surface area (Å²) in [6.07, 6.45) is 3.61. The van der Waals surface area contributed by atoms with Gasteiger partial charge in [0.15, 0.2) is 5.65 Å². The standard InChI is InChI=1S/C11H9N3O/c1-7-5-9-10(12-6-7)13-11(15)8-3-2-4-14(8)9/h2-6H,1H3,(H,12,13,15). The van der Waals surface area contributed by atoms with Gasteiger partial charge in [0.2, 0.25) is 0 Å². The smallest absolute Gasteiger partial charge is 0.273 e. The number of pyridine rings is 1. The lowest BCUT2D eigenvalue weighted by molar-refractivity contribution is 1.14. The molecule has 0 aliphatic heterocycles. The zero-order chi connectivity index (χ0) is 10.4. The maximum atomic E-state index is 11.6. The number of hydrogen-bond acceptors (Lipinski definition) is 2. The summed E-state index contributed by atoms with van der Waals surface area (Å²) in [6, 6.07) is 5.65. The molecule has 0 aromatic carbocycles. The zero-order valence-electron chi connectivity index (χ0n) is 8.19. The maximum absolute atomic E-state index is 11.6. The highest BCUT2D eigenvalue weighted by molar-refractivity contribution is 5.74. The number of nitrogens with zero attached hydrogens (tertiary/aromatic N) is 2. The fourth-order valence-electron chi connectivity index (χ4n) is 1.78. The summed E-state index contributed by atoms with van der Waals surface area (Å²) in [5, 5.41) is 0. The SMILES string of the molecule is Cc1cnc2[nH]c(=O)c3cccn3c2c1. The zero-order valence-corrected chi connectivity index (χ0v) is 8.19. The second-order valence-electron chi connectivity index (χ2n) is 3.60. The molecule has 3 rings (SSSR count). The summed E-state index contributed by atoms with van der Waals surface area (Å²) >= 11 is 0. The lowest BCUT2D eigenvalue weighted by Gasteiger charge is -2.02. The molecule has 0 aliphatic rings. The molecule has 74 valence electrons. The Hall–Kier alpha value is -2.10. The van der Waals surface area contributed by atoms with E-state index in [1.165, 1.54) is 0 Å². The van der Waals surface area contributed by atoms with Gasteiger partial charge in [0, 0.05) is 12.4 Å². The number of H-pyrrole nitrogens is 1. The molecule has 0 radical (unpaired) electrons. The molecule has 1 N–H and O–H groups in total. The van der Waals surface area contributed by atoms with Crippen molar-refractivity contribution in [2.75, 3.05) is 0 Å². The number of aryl methyl sites for hydroxylation is 1. The summed E-state index contributed by atoms with van der Waals surface area (Å²) in [5.74, 6) is 0. The van der Waals surface area contributed by atoms with Crippen LogP contribution in [0.15, 0.2) is 35.4 Å². The molecule has 0 saturated heterocycles. The van der Waals surface area contributed by atoms with E-state index in [0.717, 1.165) is 11.1 Å². The summed E-state index contributed by atoms with van der Waals surface area (Å²) in [6.45, 7) is 1.98. The van der Waals surface area contributed by atoms with E-state index in [4.69, 9.17) is 0 Å². The quantitative estimate of drug-likeness (QED) is 0.596. The minimum absolute atomic E-state index is 0.108. The van der Waals surface area contributed by atoms with Crippen LogP contribution in [0.3, 0.4) is 0 Å². The van der Waals surface area contributed by atoms with E-state index in [-0.39, 0.29) is 5.56 Å². The van der Waals surface area contributed by atoms with Gasteiger partial charge in [-0.25, -0.2) is 4.98 Å². The average Bonchev–Trinajstić information content (AvgIpc) is 2.69. The van der Waals surface area contributed by atoms with Crippen molar-refractivity contribution >= 4 is 16.7 Å². The number of rotatable bonds is 0. The van der Waals surface area contributed by atoms with Gasteiger partial charge in [0.05, 0.1) is 5.52 Å². The molecule has 0 fully saturated rings. The van der Waals surface area contributed by atoms with E-state index in [0.29, 0.717) is 11.2 Å². The van der Waals surface area contributed by atoms with Gasteiger partial charge in [0.1, 0.15) is 5.52 Å². The molecule has 4 heteroatoms. The van der Waals surface area contributed by atoms with Gasteiger partial charge >= 0.3 is 0 Å². The van der Waals surface area contributed by atoms with Gasteiger partial charge < -0.3 is 9.38 Å². The van der Waals surface area contributed by atoms with Crippen LogP contribution in [0.4, 0.5) is 0 Å². The third-order valence-corrected chi connectivity index (χ3v) is 2.48. The van der Waals surface area contributed by atoms with E-state index in [1.54, 1.807) is 12.3 Å². The fourth-order valence-corrected chi connectivity index (χ4v) is 1.78. The Balaban J connectivity index is 2.67. The van der Waals surface area contributed by atoms with Crippen molar-refractivity contribution in [2.45, 2.75) is 6.92 Å². The molecule has 0 saturated carbocycles. The van der Waals surface area contributed by atoms with Gasteiger partial charge in [0.25, 0.3) is 5.56 Å². The maximum Gasteiger partial charge on any atom is 0.273 e. The Bertz CT molecular complexity index is 708. The van der Waals surface area contributed by atoms with Crippen LogP contribution in [-0.2, 0) is 0 Å². The number of hydrogen-bond donors (Lipinski definition) is 1. The Morgan fingerprint density at radius 2 is 2.27 bits per heavy atom. The second kappa shape index (κ2) is 2.70. The molecular weight excluding hydrogens is 190 g/mol. The molecule has 0 bridgehead atoms. The van der Waals surface area contributed by atoms with Crippen LogP contribution in [-0.4, -0.2) is 14.4 Å². The molecule has 15 heavy (non-hydrogen) atoms. The van der Waals surface area contributed by atoms with Crippen LogP contribution in [0.25, 0.3) is 16.7 Å². The summed E-state index contributed by atoms with van der Waals surface area (Å²) in [5.41, 5.74) is 3.16. The van der Waals surface area contributed by atoms with E-state index in [9.17, 15) is 4.79 Å². The van der Waals surface area contributed by atoms with Crippen LogP contribution in [0.5, 0.6) is 0 Å². The highest BCUT2D eigenvalue weighted by Gasteiger charge is 2.04. The molecule has 3 aromatic rings. The molecule has 3 heterocycles. The number of aromatic nitrogens is 3. The minimum atomic E-state index is -0.108. The van der Waals surface area contributed by atoms with Gasteiger partial charge in [-0.2, -0.15) is 0 Å². The van der Waals surface area contributed by atoms with Crippen LogP contribution in [0.2, 0.25) is 0 Å². The summed E-state index contributed by atoms with van der Waals surface area (Å²) < 4.78 is 1.86. The lowest BCUT2D eigenvalue weighted by Crippen LogP contribution is -2.10. The molecule has 0 aliphatic carbocycles. The Labute approximate surface area is 85.2 Å². The molecular formula is C11H9N3O. The van der Waals surface area contributed by atoms with Crippen molar-refractivity contribution in [2.24, 2.45) is 0 Å². The van der Waals surface area contributed by atoms with Gasteiger partial charge in [-0.1, -0.05) is 0 Å². The minimum Gasteiger partial charge on any atom is -0.309 e. The molecule has 0 unspecified atom stereocenters. The number of aromatic amines is 1. The lowest BCUT2D eigenvalue weighted by atomic mass is 10.3. The van der Waals surface area contributed by atoms with E-state index < -0.39 is 0 Å². The van der Waals surface area contributed by atoms with Crippen molar-refractivity contribution in [1.82, 2.24) is 14.4 Å². The highest BCUT2D eigenvalue weighted by Crippen LogP contribution is 2.11. The summed E-state index contributed by atoms with van der Waals surface area (Å²) in [4.78, 5) is 18.6. The predicted molar refractivity (Wildman–Crippen MR) is 58.1 cm³/mol. The fraction of sp³-hybridized carbons (Fsp3) is 0.0909. The first kappa shape index (κ1) is 8.23. The molecule has 3 aromatic heterocycles. The van der Waals surface area contributed by atoms with Crippen molar-refractivity contribution in [1.29, 1.82) is 0 Å². The normalized spacial score (nSPS) is 11.3.